The monoisotopic (exact) mass is 108 g/mol. The Labute approximate surface area is 41.3 Å². The lowest BCUT2D eigenvalue weighted by Crippen LogP contribution is -2.32. The van der Waals surface area contributed by atoms with Gasteiger partial charge in [0.15, 0.2) is 0 Å². The summed E-state index contributed by atoms with van der Waals surface area (Å²) in [6.45, 7) is -0.638. The Morgan fingerprint density at radius 1 is 1.86 bits per heavy atom. The van der Waals surface area contributed by atoms with Crippen LogP contribution in [-0.4, -0.2) is 24.4 Å². The molecular weight excluding hydrogens is 99.0 g/mol. The molecule has 0 aliphatic heterocycles. The van der Waals surface area contributed by atoms with Gasteiger partial charge in [-0.2, -0.15) is 0 Å². The predicted molar refractivity (Wildman–Crippen MR) is 24.2 cm³/mol. The second-order valence-electron chi connectivity index (χ2n) is 1.22. The molecule has 0 aromatic rings. The van der Waals surface area contributed by atoms with Gasteiger partial charge in [-0.05, 0) is 0 Å². The average Bonchev–Trinajstić information content (AvgIpc) is 1.68. The molecule has 0 radical (unpaired) electrons. The molecule has 0 rings (SSSR count). The molecule has 7 heavy (non-hydrogen) atoms. The number of rotatable bonds is 3. The van der Waals surface area contributed by atoms with Gasteiger partial charge in [0.25, 0.3) is 0 Å². The van der Waals surface area contributed by atoms with Gasteiger partial charge in [-0.15, -0.1) is 0 Å². The van der Waals surface area contributed by atoms with Crippen molar-refractivity contribution < 1.29 is 9.50 Å². The lowest BCUT2D eigenvalue weighted by molar-refractivity contribution is 0.138. The van der Waals surface area contributed by atoms with Crippen LogP contribution in [0.4, 0.5) is 4.39 Å². The van der Waals surface area contributed by atoms with E-state index in [9.17, 15) is 4.39 Å². The van der Waals surface area contributed by atoms with Crippen molar-refractivity contribution in [3.63, 3.8) is 0 Å². The molecule has 0 amide bonds. The lowest BCUT2D eigenvalue weighted by Gasteiger charge is -2.00. The van der Waals surface area contributed by atoms with Gasteiger partial charge in [0.05, 0.1) is 6.10 Å². The van der Waals surface area contributed by atoms with Gasteiger partial charge in [-0.3, -0.25) is 11.3 Å². The van der Waals surface area contributed by atoms with Crippen LogP contribution in [-0.2, 0) is 0 Å². The second kappa shape index (κ2) is 3.98. The molecule has 4 heteroatoms. The summed E-state index contributed by atoms with van der Waals surface area (Å²) < 4.78 is 11.2. The first-order valence-corrected chi connectivity index (χ1v) is 1.98. The first kappa shape index (κ1) is 6.81. The SMILES string of the molecule is NNCC(O)CF. The van der Waals surface area contributed by atoms with E-state index in [1.54, 1.807) is 0 Å². The lowest BCUT2D eigenvalue weighted by atomic mass is 10.4. The fraction of sp³-hybridized carbons (Fsp3) is 1.00. The molecule has 0 fully saturated rings. The summed E-state index contributed by atoms with van der Waals surface area (Å²) in [5, 5.41) is 8.34. The van der Waals surface area contributed by atoms with E-state index in [2.05, 4.69) is 5.43 Å². The number of nitrogens with one attached hydrogen (secondary N) is 1. The van der Waals surface area contributed by atoms with Gasteiger partial charge in [-0.1, -0.05) is 0 Å². The van der Waals surface area contributed by atoms with E-state index in [4.69, 9.17) is 10.9 Å². The van der Waals surface area contributed by atoms with Gasteiger partial charge in [0.1, 0.15) is 6.67 Å². The minimum absolute atomic E-state index is 0.108. The molecule has 0 saturated heterocycles. The maximum Gasteiger partial charge on any atom is 0.117 e. The van der Waals surface area contributed by atoms with E-state index < -0.39 is 12.8 Å². The van der Waals surface area contributed by atoms with E-state index >= 15 is 0 Å². The first-order valence-electron chi connectivity index (χ1n) is 1.98. The molecule has 0 aliphatic carbocycles. The van der Waals surface area contributed by atoms with Crippen molar-refractivity contribution in [3.05, 3.63) is 0 Å². The third-order valence-electron chi connectivity index (χ3n) is 0.532. The van der Waals surface area contributed by atoms with Crippen molar-refractivity contribution in [2.24, 2.45) is 5.84 Å². The average molecular weight is 108 g/mol. The quantitative estimate of drug-likeness (QED) is 0.314. The third-order valence-corrected chi connectivity index (χ3v) is 0.532. The Balaban J connectivity index is 2.83. The minimum atomic E-state index is -0.954. The summed E-state index contributed by atoms with van der Waals surface area (Å²) in [7, 11) is 0. The van der Waals surface area contributed by atoms with Crippen molar-refractivity contribution in [2.75, 3.05) is 13.2 Å². The molecule has 0 heterocycles. The largest absolute Gasteiger partial charge is 0.389 e. The van der Waals surface area contributed by atoms with Crippen LogP contribution in [0.15, 0.2) is 0 Å². The molecule has 0 bridgehead atoms. The van der Waals surface area contributed by atoms with Crippen molar-refractivity contribution >= 4 is 0 Å². The number of hydrogen-bond acceptors (Lipinski definition) is 3. The summed E-state index contributed by atoms with van der Waals surface area (Å²) in [6, 6.07) is 0. The van der Waals surface area contributed by atoms with E-state index in [-0.39, 0.29) is 6.54 Å². The normalized spacial score (nSPS) is 14.1. The molecule has 3 nitrogen and oxygen atoms in total. The Hall–Kier alpha value is -0.190. The summed E-state index contributed by atoms with van der Waals surface area (Å²) in [4.78, 5) is 0. The van der Waals surface area contributed by atoms with Crippen molar-refractivity contribution in [1.29, 1.82) is 0 Å². The topological polar surface area (TPSA) is 58.3 Å². The standard InChI is InChI=1S/C3H9FN2O/c4-1-3(7)2-6-5/h3,6-7H,1-2,5H2. The molecule has 0 aromatic heterocycles. The zero-order valence-electron chi connectivity index (χ0n) is 3.89. The van der Waals surface area contributed by atoms with Crippen LogP contribution in [0, 0.1) is 0 Å². The maximum atomic E-state index is 11.2. The van der Waals surface area contributed by atoms with E-state index in [0.717, 1.165) is 0 Å². The van der Waals surface area contributed by atoms with Crippen molar-refractivity contribution in [3.8, 4) is 0 Å². The highest BCUT2D eigenvalue weighted by Gasteiger charge is 1.97. The fourth-order valence-corrected chi connectivity index (χ4v) is 0.191. The molecule has 0 spiro atoms. The Bertz CT molecular complexity index is 43.9. The van der Waals surface area contributed by atoms with Gasteiger partial charge < -0.3 is 5.11 Å². The van der Waals surface area contributed by atoms with Crippen LogP contribution >= 0.6 is 0 Å². The molecule has 0 aliphatic rings. The third kappa shape index (κ3) is 3.65. The van der Waals surface area contributed by atoms with Gasteiger partial charge in [0, 0.05) is 6.54 Å². The maximum absolute atomic E-state index is 11.2. The number of alkyl halides is 1. The summed E-state index contributed by atoms with van der Waals surface area (Å²) in [5.74, 6) is 4.73. The number of hydrazine groups is 1. The Morgan fingerprint density at radius 3 is 2.57 bits per heavy atom. The van der Waals surface area contributed by atoms with Crippen molar-refractivity contribution in [1.82, 2.24) is 5.43 Å². The van der Waals surface area contributed by atoms with E-state index in [1.165, 1.54) is 0 Å². The molecule has 1 atom stereocenters. The van der Waals surface area contributed by atoms with Crippen LogP contribution in [0.2, 0.25) is 0 Å². The minimum Gasteiger partial charge on any atom is -0.389 e. The van der Waals surface area contributed by atoms with Crippen LogP contribution in [0.3, 0.4) is 0 Å². The fourth-order valence-electron chi connectivity index (χ4n) is 0.191. The highest BCUT2D eigenvalue weighted by atomic mass is 19.1. The summed E-state index contributed by atoms with van der Waals surface area (Å²) in [6.07, 6.45) is -0.954. The molecule has 1 unspecified atom stereocenters. The van der Waals surface area contributed by atoms with Crippen LogP contribution < -0.4 is 11.3 Å². The predicted octanol–water partition coefficient (Wildman–Crippen LogP) is -1.22. The van der Waals surface area contributed by atoms with Crippen LogP contribution in [0.1, 0.15) is 0 Å². The van der Waals surface area contributed by atoms with Gasteiger partial charge in [-0.25, -0.2) is 4.39 Å². The highest BCUT2D eigenvalue weighted by Crippen LogP contribution is 1.77. The molecule has 0 aromatic carbocycles. The molecular formula is C3H9FN2O. The number of hydrogen-bond donors (Lipinski definition) is 3. The van der Waals surface area contributed by atoms with Crippen molar-refractivity contribution in [2.45, 2.75) is 6.10 Å². The van der Waals surface area contributed by atoms with Gasteiger partial charge in [0.2, 0.25) is 0 Å². The number of aliphatic hydroxyl groups is 1. The summed E-state index contributed by atoms with van der Waals surface area (Å²) in [5.41, 5.74) is 2.13. The van der Waals surface area contributed by atoms with E-state index in [0.29, 0.717) is 0 Å². The highest BCUT2D eigenvalue weighted by molar-refractivity contribution is 4.51. The molecule has 4 N–H and O–H groups in total. The smallest absolute Gasteiger partial charge is 0.117 e. The zero-order valence-corrected chi connectivity index (χ0v) is 3.89. The summed E-state index contributed by atoms with van der Waals surface area (Å²) >= 11 is 0. The Morgan fingerprint density at radius 2 is 2.43 bits per heavy atom. The van der Waals surface area contributed by atoms with Crippen LogP contribution in [0.25, 0.3) is 0 Å². The number of halogens is 1. The first-order chi connectivity index (χ1) is 3.31. The zero-order chi connectivity index (χ0) is 5.70. The number of nitrogens with two attached hydrogens (primary N) is 1. The molecule has 44 valence electrons. The second-order valence-corrected chi connectivity index (χ2v) is 1.22. The number of aliphatic hydroxyl groups excluding tert-OH is 1. The Kier molecular flexibility index (Phi) is 3.87. The van der Waals surface area contributed by atoms with Crippen LogP contribution in [0.5, 0.6) is 0 Å². The van der Waals surface area contributed by atoms with E-state index in [1.807, 2.05) is 0 Å². The van der Waals surface area contributed by atoms with Gasteiger partial charge >= 0.3 is 0 Å². The molecule has 0 saturated carbocycles.